The number of hydrogen-bond acceptors (Lipinski definition) is 10. The molecule has 6 N–H and O–H groups in total. The van der Waals surface area contributed by atoms with Crippen molar-refractivity contribution in [2.24, 2.45) is 11.8 Å². The maximum absolute atomic E-state index is 14.4. The third-order valence-electron chi connectivity index (χ3n) is 13.4. The number of benzene rings is 4. The van der Waals surface area contributed by atoms with E-state index in [1.165, 1.54) is 44.8 Å². The fraction of sp³-hybridized carbons (Fsp3) is 0.352. The highest BCUT2D eigenvalue weighted by Crippen LogP contribution is 2.38. The topological polar surface area (TPSA) is 166 Å². The maximum atomic E-state index is 14.4. The smallest absolute Gasteiger partial charge is 0.244 e. The molecule has 2 fully saturated rings. The summed E-state index contributed by atoms with van der Waals surface area (Å²) in [5.74, 6) is -3.50. The molecule has 4 aromatic carbocycles. The van der Waals surface area contributed by atoms with E-state index in [4.69, 9.17) is 9.47 Å². The minimum Gasteiger partial charge on any atom is -0.497 e. The largest absolute Gasteiger partial charge is 0.497 e. The standard InChI is InChI=1S/C27H27F3N2O4.C27H29F3N2O3/c1-36-19-13-21-20(10-11-31-25(21)23(30)14-19)27(35)26(34)15-2-6-18(7-3-15)32-24(33)9-4-16-12-17(28)5-8-22(16)29;1-35-20-14-22-21(10-12-32-25(22)24(30)15-20)27(34)26(33)16-4-7-19(8-5-16)31-11-2-3-17-13-18(28)6-9-23(17)29/h4-5,8-15,18,26-27,34-35H,2-3,6-7H2,1H3,(H,32,33);2-3,6,9-10,12-16,19,26-27,31,33-34H,4-5,7-8,11H2,1H3/b9-4+;3-2+/t15-,18-,26-,27-;16-,19-,26-,27-/m11/s1. The highest BCUT2D eigenvalue weighted by molar-refractivity contribution is 5.92. The number of methoxy groups -OCH3 is 2. The number of rotatable bonds is 15. The second kappa shape index (κ2) is 24.2. The second-order valence-corrected chi connectivity index (χ2v) is 17.9. The Kier molecular flexibility index (Phi) is 17.9. The summed E-state index contributed by atoms with van der Waals surface area (Å²) in [5.41, 5.74) is 1.15. The molecule has 2 aromatic heterocycles. The number of aliphatic hydroxyl groups is 4. The molecule has 0 saturated heterocycles. The summed E-state index contributed by atoms with van der Waals surface area (Å²) < 4.78 is 93.0. The van der Waals surface area contributed by atoms with Crippen LogP contribution in [0.3, 0.4) is 0 Å². The Morgan fingerprint density at radius 3 is 1.52 bits per heavy atom. The number of fused-ring (bicyclic) bond motifs is 2. The molecule has 0 radical (unpaired) electrons. The Labute approximate surface area is 406 Å². The average molecular weight is 987 g/mol. The number of carbonyl (C=O) groups is 1. The van der Waals surface area contributed by atoms with Crippen LogP contribution in [0, 0.1) is 46.7 Å². The zero-order valence-electron chi connectivity index (χ0n) is 39.1. The summed E-state index contributed by atoms with van der Waals surface area (Å²) in [6, 6.07) is 15.2. The van der Waals surface area contributed by atoms with Crippen LogP contribution < -0.4 is 20.1 Å². The van der Waals surface area contributed by atoms with Crippen LogP contribution in [0.2, 0.25) is 0 Å². The quantitative estimate of drug-likeness (QED) is 0.0431. The monoisotopic (exact) mass is 986 g/mol. The first-order valence-electron chi connectivity index (χ1n) is 23.4. The minimum atomic E-state index is -1.26. The Morgan fingerprint density at radius 2 is 1.06 bits per heavy atom. The third kappa shape index (κ3) is 13.1. The lowest BCUT2D eigenvalue weighted by Crippen LogP contribution is -2.39. The summed E-state index contributed by atoms with van der Waals surface area (Å²) in [5, 5.41) is 50.7. The van der Waals surface area contributed by atoms with Crippen molar-refractivity contribution in [3.63, 3.8) is 0 Å². The lowest BCUT2D eigenvalue weighted by atomic mass is 9.79. The molecule has 11 nitrogen and oxygen atoms in total. The van der Waals surface area contributed by atoms with Gasteiger partial charge in [0.25, 0.3) is 0 Å². The van der Waals surface area contributed by atoms with Crippen LogP contribution in [0.4, 0.5) is 26.3 Å². The van der Waals surface area contributed by atoms with Crippen LogP contribution >= 0.6 is 0 Å². The van der Waals surface area contributed by atoms with E-state index in [1.54, 1.807) is 36.4 Å². The van der Waals surface area contributed by atoms with Gasteiger partial charge in [-0.05, 0) is 141 Å². The Morgan fingerprint density at radius 1 is 0.606 bits per heavy atom. The molecule has 0 unspecified atom stereocenters. The number of pyridine rings is 2. The van der Waals surface area contributed by atoms with E-state index in [0.29, 0.717) is 72.7 Å². The van der Waals surface area contributed by atoms with Gasteiger partial charge in [-0.1, -0.05) is 12.2 Å². The number of amides is 1. The first-order valence-corrected chi connectivity index (χ1v) is 23.4. The van der Waals surface area contributed by atoms with E-state index in [0.717, 1.165) is 55.3 Å². The van der Waals surface area contributed by atoms with Crippen LogP contribution in [0.25, 0.3) is 34.0 Å². The Balaban J connectivity index is 0.000000209. The van der Waals surface area contributed by atoms with E-state index in [1.807, 2.05) is 0 Å². The summed E-state index contributed by atoms with van der Waals surface area (Å²) in [6.45, 7) is 0.507. The van der Waals surface area contributed by atoms with Crippen LogP contribution in [0.15, 0.2) is 97.3 Å². The molecule has 71 heavy (non-hydrogen) atoms. The molecule has 2 aliphatic carbocycles. The molecule has 2 heterocycles. The number of halogens is 6. The first-order chi connectivity index (χ1) is 34.1. The van der Waals surface area contributed by atoms with Gasteiger partial charge in [0.1, 0.15) is 58.0 Å². The van der Waals surface area contributed by atoms with Gasteiger partial charge < -0.3 is 40.5 Å². The molecule has 0 bridgehead atoms. The van der Waals surface area contributed by atoms with Crippen molar-refractivity contribution >= 4 is 39.9 Å². The van der Waals surface area contributed by atoms with Crippen molar-refractivity contribution < 1.29 is 61.0 Å². The number of nitrogens with zero attached hydrogens (tertiary/aromatic N) is 2. The van der Waals surface area contributed by atoms with Gasteiger partial charge in [-0.15, -0.1) is 0 Å². The average Bonchev–Trinajstić information content (AvgIpc) is 3.38. The van der Waals surface area contributed by atoms with Gasteiger partial charge in [-0.3, -0.25) is 14.8 Å². The summed E-state index contributed by atoms with van der Waals surface area (Å²) in [4.78, 5) is 20.4. The predicted molar refractivity (Wildman–Crippen MR) is 257 cm³/mol. The third-order valence-corrected chi connectivity index (χ3v) is 13.4. The molecule has 1 amide bonds. The molecule has 6 aromatic rings. The van der Waals surface area contributed by atoms with Crippen LogP contribution in [0.1, 0.15) is 85.8 Å². The number of carbonyl (C=O) groups excluding carboxylic acids is 1. The normalized spacial score (nSPS) is 20.1. The summed E-state index contributed by atoms with van der Waals surface area (Å²) in [6.07, 6.45) is 9.19. The molecule has 2 aliphatic rings. The fourth-order valence-electron chi connectivity index (χ4n) is 9.44. The van der Waals surface area contributed by atoms with E-state index >= 15 is 0 Å². The Hall–Kier alpha value is -6.37. The molecule has 4 atom stereocenters. The van der Waals surface area contributed by atoms with Crippen molar-refractivity contribution in [2.45, 2.75) is 87.9 Å². The van der Waals surface area contributed by atoms with E-state index in [9.17, 15) is 51.6 Å². The number of ether oxygens (including phenoxy) is 2. The predicted octanol–water partition coefficient (Wildman–Crippen LogP) is 9.36. The molecular weight excluding hydrogens is 931 g/mol. The van der Waals surface area contributed by atoms with Crippen LogP contribution in [-0.4, -0.2) is 81.4 Å². The van der Waals surface area contributed by atoms with Gasteiger partial charge in [0.05, 0.1) is 26.4 Å². The van der Waals surface area contributed by atoms with Crippen molar-refractivity contribution in [3.8, 4) is 11.5 Å². The zero-order chi connectivity index (χ0) is 50.8. The van der Waals surface area contributed by atoms with Gasteiger partial charge >= 0.3 is 0 Å². The highest BCUT2D eigenvalue weighted by Gasteiger charge is 2.34. The second-order valence-electron chi connectivity index (χ2n) is 17.9. The lowest BCUT2D eigenvalue weighted by Gasteiger charge is -2.34. The SMILES string of the molecule is COc1cc(F)c2nccc([C@@H](O)[C@H](O)[C@H]3CC[C@H](NC(=O)/C=C/c4cc(F)ccc4F)CC3)c2c1.COc1cc(F)c2nccc([C@@H](O)[C@H](O)[C@H]3CC[C@H](NC/C=C/c4cc(F)ccc4F)CC3)c2c1. The number of aliphatic hydroxyl groups excluding tert-OH is 4. The van der Waals surface area contributed by atoms with Crippen LogP contribution in [-0.2, 0) is 4.79 Å². The number of aromatic nitrogens is 2. The fourth-order valence-corrected chi connectivity index (χ4v) is 9.44. The maximum Gasteiger partial charge on any atom is 0.244 e. The molecule has 376 valence electrons. The number of hydrogen-bond donors (Lipinski definition) is 6. The van der Waals surface area contributed by atoms with Gasteiger partial charge in [-0.2, -0.15) is 0 Å². The van der Waals surface area contributed by atoms with Gasteiger partial charge in [0.2, 0.25) is 5.91 Å². The van der Waals surface area contributed by atoms with Crippen LogP contribution in [0.5, 0.6) is 11.5 Å². The van der Waals surface area contributed by atoms with Crippen molar-refractivity contribution in [3.05, 3.63) is 154 Å². The molecule has 8 rings (SSSR count). The van der Waals surface area contributed by atoms with Crippen molar-refractivity contribution in [1.29, 1.82) is 0 Å². The van der Waals surface area contributed by atoms with E-state index in [2.05, 4.69) is 20.6 Å². The van der Waals surface area contributed by atoms with Crippen molar-refractivity contribution in [1.82, 2.24) is 20.6 Å². The molecular formula is C54H56F6N4O7. The highest BCUT2D eigenvalue weighted by atomic mass is 19.1. The molecule has 2 saturated carbocycles. The molecule has 0 spiro atoms. The number of nitrogens with one attached hydrogen (secondary N) is 2. The van der Waals surface area contributed by atoms with Gasteiger partial charge in [0.15, 0.2) is 11.6 Å². The lowest BCUT2D eigenvalue weighted by molar-refractivity contribution is -0.117. The van der Waals surface area contributed by atoms with Gasteiger partial charge in [-0.25, -0.2) is 26.3 Å². The van der Waals surface area contributed by atoms with E-state index < -0.39 is 65.2 Å². The summed E-state index contributed by atoms with van der Waals surface area (Å²) in [7, 11) is 2.85. The Bertz CT molecular complexity index is 2850. The zero-order valence-corrected chi connectivity index (χ0v) is 39.1. The summed E-state index contributed by atoms with van der Waals surface area (Å²) >= 11 is 0. The minimum absolute atomic E-state index is 0.0212. The molecule has 17 heteroatoms. The van der Waals surface area contributed by atoms with E-state index in [-0.39, 0.29) is 51.8 Å². The molecule has 0 aliphatic heterocycles. The first kappa shape index (κ1) is 52.5. The van der Waals surface area contributed by atoms with Crippen molar-refractivity contribution in [2.75, 3.05) is 20.8 Å². The van der Waals surface area contributed by atoms with Gasteiger partial charge in [0, 0.05) is 71.1 Å².